The first-order valence-electron chi connectivity index (χ1n) is 5.86. The van der Waals surface area contributed by atoms with Gasteiger partial charge in [-0.15, -0.1) is 0 Å². The van der Waals surface area contributed by atoms with Crippen LogP contribution in [0.2, 0.25) is 0 Å². The van der Waals surface area contributed by atoms with Gasteiger partial charge in [-0.05, 0) is 29.4 Å². The Morgan fingerprint density at radius 3 is 2.81 bits per heavy atom. The number of rotatable bonds is 5. The van der Waals surface area contributed by atoms with Gasteiger partial charge in [-0.2, -0.15) is 11.8 Å². The summed E-state index contributed by atoms with van der Waals surface area (Å²) in [7, 11) is 0. The average Bonchev–Trinajstić information content (AvgIpc) is 2.85. The number of hydrogen-bond donors (Lipinski definition) is 2. The lowest BCUT2D eigenvalue weighted by Gasteiger charge is -2.22. The highest BCUT2D eigenvalue weighted by Crippen LogP contribution is 2.26. The number of nitrogens with one attached hydrogen (secondary N) is 1. The maximum Gasteiger partial charge on any atom is 0.0587 e. The van der Waals surface area contributed by atoms with Gasteiger partial charge in [0.15, 0.2) is 0 Å². The first-order chi connectivity index (χ1) is 7.90. The van der Waals surface area contributed by atoms with E-state index in [1.165, 1.54) is 23.5 Å². The SMILES string of the molecule is OCC(NCc1ccccc1)C1CCSC1. The molecule has 2 N–H and O–H groups in total. The molecule has 88 valence electrons. The van der Waals surface area contributed by atoms with Crippen molar-refractivity contribution in [3.63, 3.8) is 0 Å². The first-order valence-corrected chi connectivity index (χ1v) is 7.01. The maximum atomic E-state index is 9.39. The van der Waals surface area contributed by atoms with Crippen LogP contribution in [-0.4, -0.2) is 29.3 Å². The first kappa shape index (κ1) is 12.0. The van der Waals surface area contributed by atoms with E-state index in [9.17, 15) is 5.11 Å². The Balaban J connectivity index is 1.83. The van der Waals surface area contributed by atoms with Crippen molar-refractivity contribution in [3.05, 3.63) is 35.9 Å². The monoisotopic (exact) mass is 237 g/mol. The van der Waals surface area contributed by atoms with E-state index in [-0.39, 0.29) is 12.6 Å². The summed E-state index contributed by atoms with van der Waals surface area (Å²) in [5, 5.41) is 12.9. The summed E-state index contributed by atoms with van der Waals surface area (Å²) in [4.78, 5) is 0. The fraction of sp³-hybridized carbons (Fsp3) is 0.538. The number of hydrogen-bond acceptors (Lipinski definition) is 3. The van der Waals surface area contributed by atoms with Crippen molar-refractivity contribution in [1.29, 1.82) is 0 Å². The lowest BCUT2D eigenvalue weighted by atomic mass is 9.99. The highest BCUT2D eigenvalue weighted by Gasteiger charge is 2.24. The van der Waals surface area contributed by atoms with Crippen LogP contribution < -0.4 is 5.32 Å². The van der Waals surface area contributed by atoms with E-state index < -0.39 is 0 Å². The summed E-state index contributed by atoms with van der Waals surface area (Å²) in [6.45, 7) is 1.10. The van der Waals surface area contributed by atoms with Gasteiger partial charge >= 0.3 is 0 Å². The van der Waals surface area contributed by atoms with Crippen LogP contribution in [0.5, 0.6) is 0 Å². The molecule has 1 aromatic rings. The molecule has 2 nitrogen and oxygen atoms in total. The minimum absolute atomic E-state index is 0.248. The van der Waals surface area contributed by atoms with E-state index in [2.05, 4.69) is 29.6 Å². The van der Waals surface area contributed by atoms with Crippen LogP contribution in [0.4, 0.5) is 0 Å². The summed E-state index contributed by atoms with van der Waals surface area (Å²) in [5.41, 5.74) is 1.28. The zero-order valence-electron chi connectivity index (χ0n) is 9.43. The molecule has 1 aliphatic heterocycles. The van der Waals surface area contributed by atoms with Crippen LogP contribution in [0.3, 0.4) is 0 Å². The van der Waals surface area contributed by atoms with E-state index in [0.717, 1.165) is 6.54 Å². The number of aliphatic hydroxyl groups is 1. The quantitative estimate of drug-likeness (QED) is 0.820. The van der Waals surface area contributed by atoms with E-state index in [1.807, 2.05) is 17.8 Å². The molecule has 2 rings (SSSR count). The molecule has 0 saturated carbocycles. The second kappa shape index (κ2) is 6.28. The Hall–Kier alpha value is -0.510. The number of benzene rings is 1. The minimum atomic E-state index is 0.248. The second-order valence-electron chi connectivity index (χ2n) is 4.28. The second-order valence-corrected chi connectivity index (χ2v) is 5.43. The van der Waals surface area contributed by atoms with Crippen LogP contribution in [-0.2, 0) is 6.54 Å². The molecule has 1 aliphatic rings. The molecular weight excluding hydrogens is 218 g/mol. The zero-order valence-corrected chi connectivity index (χ0v) is 10.2. The molecule has 16 heavy (non-hydrogen) atoms. The fourth-order valence-electron chi connectivity index (χ4n) is 2.10. The van der Waals surface area contributed by atoms with Gasteiger partial charge < -0.3 is 10.4 Å². The van der Waals surface area contributed by atoms with E-state index in [0.29, 0.717) is 5.92 Å². The van der Waals surface area contributed by atoms with Gasteiger partial charge in [0.05, 0.1) is 6.61 Å². The smallest absolute Gasteiger partial charge is 0.0587 e. The minimum Gasteiger partial charge on any atom is -0.395 e. The third-order valence-electron chi connectivity index (χ3n) is 3.14. The van der Waals surface area contributed by atoms with Crippen LogP contribution >= 0.6 is 11.8 Å². The van der Waals surface area contributed by atoms with E-state index in [1.54, 1.807) is 0 Å². The summed E-state index contributed by atoms with van der Waals surface area (Å²) < 4.78 is 0. The highest BCUT2D eigenvalue weighted by molar-refractivity contribution is 7.99. The summed E-state index contributed by atoms with van der Waals surface area (Å²) in [6.07, 6.45) is 1.23. The molecule has 1 fully saturated rings. The molecule has 2 unspecified atom stereocenters. The van der Waals surface area contributed by atoms with Crippen molar-refractivity contribution in [1.82, 2.24) is 5.32 Å². The van der Waals surface area contributed by atoms with Crippen LogP contribution in [0, 0.1) is 5.92 Å². The predicted molar refractivity (Wildman–Crippen MR) is 69.6 cm³/mol. The van der Waals surface area contributed by atoms with Gasteiger partial charge in [-0.3, -0.25) is 0 Å². The van der Waals surface area contributed by atoms with Crippen LogP contribution in [0.25, 0.3) is 0 Å². The summed E-state index contributed by atoms with van der Waals surface area (Å²) >= 11 is 2.00. The molecule has 1 saturated heterocycles. The number of aliphatic hydroxyl groups excluding tert-OH is 1. The fourth-order valence-corrected chi connectivity index (χ4v) is 3.43. The van der Waals surface area contributed by atoms with Gasteiger partial charge in [0.1, 0.15) is 0 Å². The van der Waals surface area contributed by atoms with Gasteiger partial charge in [0.2, 0.25) is 0 Å². The summed E-state index contributed by atoms with van der Waals surface area (Å²) in [5.74, 6) is 3.07. The Kier molecular flexibility index (Phi) is 4.69. The van der Waals surface area contributed by atoms with Gasteiger partial charge in [-0.25, -0.2) is 0 Å². The van der Waals surface area contributed by atoms with Crippen LogP contribution in [0.15, 0.2) is 30.3 Å². The Labute approximate surface area is 101 Å². The molecule has 0 aromatic heterocycles. The third-order valence-corrected chi connectivity index (χ3v) is 4.33. The van der Waals surface area contributed by atoms with Gasteiger partial charge in [0.25, 0.3) is 0 Å². The predicted octanol–water partition coefficient (Wildman–Crippen LogP) is 1.89. The molecule has 0 amide bonds. The van der Waals surface area contributed by atoms with Crippen molar-refractivity contribution in [2.75, 3.05) is 18.1 Å². The zero-order chi connectivity index (χ0) is 11.2. The molecule has 0 spiro atoms. The van der Waals surface area contributed by atoms with Crippen molar-refractivity contribution < 1.29 is 5.11 Å². The number of thioether (sulfide) groups is 1. The van der Waals surface area contributed by atoms with Crippen molar-refractivity contribution in [2.24, 2.45) is 5.92 Å². The molecule has 0 aliphatic carbocycles. The molecule has 1 aromatic carbocycles. The molecule has 3 heteroatoms. The Bertz CT molecular complexity index is 298. The van der Waals surface area contributed by atoms with E-state index >= 15 is 0 Å². The van der Waals surface area contributed by atoms with Gasteiger partial charge in [-0.1, -0.05) is 30.3 Å². The van der Waals surface area contributed by atoms with Gasteiger partial charge in [0, 0.05) is 12.6 Å². The van der Waals surface area contributed by atoms with Crippen molar-refractivity contribution >= 4 is 11.8 Å². The summed E-state index contributed by atoms with van der Waals surface area (Å²) in [6, 6.07) is 10.6. The largest absolute Gasteiger partial charge is 0.395 e. The lowest BCUT2D eigenvalue weighted by molar-refractivity contribution is 0.205. The maximum absolute atomic E-state index is 9.39. The van der Waals surface area contributed by atoms with Crippen molar-refractivity contribution in [3.8, 4) is 0 Å². The molecule has 0 bridgehead atoms. The standard InChI is InChI=1S/C13H19NOS/c15-9-13(12-6-7-16-10-12)14-8-11-4-2-1-3-5-11/h1-5,12-15H,6-10H2. The molecule has 1 heterocycles. The van der Waals surface area contributed by atoms with Crippen LogP contribution in [0.1, 0.15) is 12.0 Å². The Morgan fingerprint density at radius 2 is 2.19 bits per heavy atom. The topological polar surface area (TPSA) is 32.3 Å². The highest BCUT2D eigenvalue weighted by atomic mass is 32.2. The third kappa shape index (κ3) is 3.24. The normalized spacial score (nSPS) is 22.2. The lowest BCUT2D eigenvalue weighted by Crippen LogP contribution is -2.38. The molecule has 2 atom stereocenters. The van der Waals surface area contributed by atoms with Crippen molar-refractivity contribution in [2.45, 2.75) is 19.0 Å². The van der Waals surface area contributed by atoms with E-state index in [4.69, 9.17) is 0 Å². The average molecular weight is 237 g/mol. The molecule has 0 radical (unpaired) electrons. The molecular formula is C13H19NOS. The Morgan fingerprint density at radius 1 is 1.38 bits per heavy atom.